The minimum absolute atomic E-state index is 0.226. The summed E-state index contributed by atoms with van der Waals surface area (Å²) in [5, 5.41) is 3.31. The predicted octanol–water partition coefficient (Wildman–Crippen LogP) is 4.65. The molecule has 17 heavy (non-hydrogen) atoms. The molecule has 1 N–H and O–H groups in total. The van der Waals surface area contributed by atoms with Gasteiger partial charge in [0.1, 0.15) is 0 Å². The van der Waals surface area contributed by atoms with Gasteiger partial charge in [-0.15, -0.1) is 0 Å². The average molecular weight is 231 g/mol. The maximum absolute atomic E-state index is 4.18. The van der Waals surface area contributed by atoms with Gasteiger partial charge in [0.2, 0.25) is 0 Å². The van der Waals surface area contributed by atoms with E-state index in [1.165, 1.54) is 16.8 Å². The van der Waals surface area contributed by atoms with Gasteiger partial charge in [0, 0.05) is 12.2 Å². The second-order valence-corrected chi connectivity index (χ2v) is 5.58. The fourth-order valence-corrected chi connectivity index (χ4v) is 1.66. The van der Waals surface area contributed by atoms with E-state index in [-0.39, 0.29) is 5.41 Å². The van der Waals surface area contributed by atoms with Gasteiger partial charge in [-0.3, -0.25) is 0 Å². The summed E-state index contributed by atoms with van der Waals surface area (Å²) in [6, 6.07) is 8.71. The Kier molecular flexibility index (Phi) is 4.80. The van der Waals surface area contributed by atoms with Crippen LogP contribution in [0, 0.1) is 5.41 Å². The van der Waals surface area contributed by atoms with E-state index in [0.717, 1.165) is 19.4 Å². The van der Waals surface area contributed by atoms with Crippen LogP contribution in [0.25, 0.3) is 0 Å². The van der Waals surface area contributed by atoms with Crippen LogP contribution in [-0.4, -0.2) is 6.54 Å². The first kappa shape index (κ1) is 13.8. The summed E-state index contributed by atoms with van der Waals surface area (Å²) in [5.41, 5.74) is 4.14. The third kappa shape index (κ3) is 4.64. The van der Waals surface area contributed by atoms with Gasteiger partial charge in [-0.1, -0.05) is 45.1 Å². The number of aryl methyl sites for hydroxylation is 1. The van der Waals surface area contributed by atoms with E-state index in [2.05, 4.69) is 63.9 Å². The molecule has 0 saturated heterocycles. The Bertz CT molecular complexity index is 354. The highest BCUT2D eigenvalue weighted by atomic mass is 14.8. The lowest BCUT2D eigenvalue weighted by Crippen LogP contribution is -2.09. The van der Waals surface area contributed by atoms with Gasteiger partial charge < -0.3 is 5.32 Å². The van der Waals surface area contributed by atoms with Crippen LogP contribution in [0.4, 0.5) is 5.69 Å². The molecule has 0 saturated carbocycles. The molecule has 1 nitrogen and oxygen atoms in total. The Hall–Kier alpha value is -1.24. The molecule has 0 aromatic heterocycles. The molecule has 0 amide bonds. The Balaban J connectivity index is 2.50. The summed E-state index contributed by atoms with van der Waals surface area (Å²) in [4.78, 5) is 0. The van der Waals surface area contributed by atoms with Gasteiger partial charge in [-0.25, -0.2) is 0 Å². The molecule has 0 spiro atoms. The van der Waals surface area contributed by atoms with E-state index in [9.17, 15) is 0 Å². The van der Waals surface area contributed by atoms with Crippen LogP contribution >= 0.6 is 0 Å². The highest BCUT2D eigenvalue weighted by Gasteiger charge is 2.14. The van der Waals surface area contributed by atoms with E-state index in [1.54, 1.807) is 0 Å². The summed E-state index contributed by atoms with van der Waals surface area (Å²) < 4.78 is 0. The molecular formula is C16H25N. The van der Waals surface area contributed by atoms with Crippen molar-refractivity contribution in [1.82, 2.24) is 0 Å². The van der Waals surface area contributed by atoms with Gasteiger partial charge in [0.05, 0.1) is 0 Å². The lowest BCUT2D eigenvalue weighted by Gasteiger charge is -2.21. The first-order valence-electron chi connectivity index (χ1n) is 6.44. The number of benzene rings is 1. The van der Waals surface area contributed by atoms with Gasteiger partial charge >= 0.3 is 0 Å². The van der Waals surface area contributed by atoms with Gasteiger partial charge in [-0.2, -0.15) is 0 Å². The van der Waals surface area contributed by atoms with Crippen LogP contribution in [0.15, 0.2) is 36.4 Å². The van der Waals surface area contributed by atoms with Crippen molar-refractivity contribution >= 4 is 5.69 Å². The average Bonchev–Trinajstić information content (AvgIpc) is 2.27. The van der Waals surface area contributed by atoms with Crippen molar-refractivity contribution in [2.24, 2.45) is 5.41 Å². The first-order valence-corrected chi connectivity index (χ1v) is 6.44. The fraction of sp³-hybridized carbons (Fsp3) is 0.500. The second kappa shape index (κ2) is 5.90. The van der Waals surface area contributed by atoms with Crippen LogP contribution in [0.1, 0.15) is 39.7 Å². The largest absolute Gasteiger partial charge is 0.385 e. The van der Waals surface area contributed by atoms with Gasteiger partial charge in [-0.05, 0) is 42.9 Å². The molecule has 1 aromatic rings. The first-order chi connectivity index (χ1) is 7.93. The lowest BCUT2D eigenvalue weighted by molar-refractivity contribution is 0.484. The van der Waals surface area contributed by atoms with Gasteiger partial charge in [0.15, 0.2) is 0 Å². The topological polar surface area (TPSA) is 12.0 Å². The summed E-state index contributed by atoms with van der Waals surface area (Å²) >= 11 is 0. The molecule has 1 aromatic carbocycles. The summed E-state index contributed by atoms with van der Waals surface area (Å²) in [5.74, 6) is 0. The molecule has 0 aliphatic rings. The van der Waals surface area contributed by atoms with Crippen molar-refractivity contribution in [1.29, 1.82) is 0 Å². The van der Waals surface area contributed by atoms with E-state index < -0.39 is 0 Å². The van der Waals surface area contributed by atoms with Crippen molar-refractivity contribution in [3.63, 3.8) is 0 Å². The minimum atomic E-state index is 0.226. The number of hydrogen-bond acceptors (Lipinski definition) is 1. The van der Waals surface area contributed by atoms with Crippen molar-refractivity contribution < 1.29 is 0 Å². The predicted molar refractivity (Wildman–Crippen MR) is 77.5 cm³/mol. The van der Waals surface area contributed by atoms with E-state index in [1.807, 2.05) is 0 Å². The monoisotopic (exact) mass is 231 g/mol. The zero-order valence-corrected chi connectivity index (χ0v) is 11.6. The number of allylic oxidation sites excluding steroid dienone is 1. The zero-order chi connectivity index (χ0) is 12.9. The molecule has 0 heterocycles. The summed E-state index contributed by atoms with van der Waals surface area (Å²) in [7, 11) is 0. The maximum atomic E-state index is 4.18. The van der Waals surface area contributed by atoms with Gasteiger partial charge in [0.25, 0.3) is 0 Å². The standard InChI is InChI=1S/C16H25N/c1-6-17-15-11-9-14(10-12-15)8-7-13(2)16(3,4)5/h9-12,17H,2,6-8H2,1,3-5H3. The number of anilines is 1. The van der Waals surface area contributed by atoms with Crippen molar-refractivity contribution in [2.45, 2.75) is 40.5 Å². The third-order valence-corrected chi connectivity index (χ3v) is 3.11. The molecule has 0 bridgehead atoms. The normalized spacial score (nSPS) is 11.3. The van der Waals surface area contributed by atoms with E-state index in [4.69, 9.17) is 0 Å². The molecule has 1 rings (SSSR count). The van der Waals surface area contributed by atoms with Crippen LogP contribution in [-0.2, 0) is 6.42 Å². The zero-order valence-electron chi connectivity index (χ0n) is 11.6. The molecule has 0 unspecified atom stereocenters. The van der Waals surface area contributed by atoms with E-state index in [0.29, 0.717) is 0 Å². The Morgan fingerprint density at radius 1 is 1.18 bits per heavy atom. The maximum Gasteiger partial charge on any atom is 0.0340 e. The van der Waals surface area contributed by atoms with Crippen molar-refractivity contribution in [3.05, 3.63) is 42.0 Å². The quantitative estimate of drug-likeness (QED) is 0.727. The molecular weight excluding hydrogens is 206 g/mol. The molecule has 94 valence electrons. The highest BCUT2D eigenvalue weighted by molar-refractivity contribution is 5.44. The van der Waals surface area contributed by atoms with Crippen LogP contribution in [0.3, 0.4) is 0 Å². The molecule has 0 aliphatic heterocycles. The van der Waals surface area contributed by atoms with Crippen molar-refractivity contribution in [3.8, 4) is 0 Å². The third-order valence-electron chi connectivity index (χ3n) is 3.11. The molecule has 0 atom stereocenters. The minimum Gasteiger partial charge on any atom is -0.385 e. The smallest absolute Gasteiger partial charge is 0.0340 e. The van der Waals surface area contributed by atoms with Crippen LogP contribution in [0.5, 0.6) is 0 Å². The summed E-state index contributed by atoms with van der Waals surface area (Å²) in [6.07, 6.45) is 2.16. The number of nitrogens with one attached hydrogen (secondary N) is 1. The van der Waals surface area contributed by atoms with E-state index >= 15 is 0 Å². The Morgan fingerprint density at radius 2 is 1.76 bits per heavy atom. The van der Waals surface area contributed by atoms with Crippen LogP contribution in [0.2, 0.25) is 0 Å². The van der Waals surface area contributed by atoms with Crippen LogP contribution < -0.4 is 5.32 Å². The molecule has 0 aliphatic carbocycles. The Morgan fingerprint density at radius 3 is 2.24 bits per heavy atom. The van der Waals surface area contributed by atoms with Crippen molar-refractivity contribution in [2.75, 3.05) is 11.9 Å². The second-order valence-electron chi connectivity index (χ2n) is 5.58. The Labute approximate surface area is 106 Å². The highest BCUT2D eigenvalue weighted by Crippen LogP contribution is 2.27. The SMILES string of the molecule is C=C(CCc1ccc(NCC)cc1)C(C)(C)C. The number of rotatable bonds is 5. The molecule has 0 radical (unpaired) electrons. The molecule has 0 fully saturated rings. The number of hydrogen-bond donors (Lipinski definition) is 1. The lowest BCUT2D eigenvalue weighted by atomic mass is 9.84. The summed E-state index contributed by atoms with van der Waals surface area (Å²) in [6.45, 7) is 13.9. The fourth-order valence-electron chi connectivity index (χ4n) is 1.66. The molecule has 1 heteroatoms.